The number of para-hydroxylation sites is 2. The first-order chi connectivity index (χ1) is 16.5. The fraction of sp³-hybridized carbons (Fsp3) is 0.231. The molecule has 0 unspecified atom stereocenters. The van der Waals surface area contributed by atoms with Gasteiger partial charge in [-0.1, -0.05) is 32.9 Å². The average molecular weight is 456 g/mol. The third-order valence-electron chi connectivity index (χ3n) is 5.80. The number of amides is 1. The number of nitrogens with one attached hydrogen (secondary N) is 1. The van der Waals surface area contributed by atoms with Crippen molar-refractivity contribution in [2.75, 3.05) is 5.32 Å². The number of fused-ring (bicyclic) bond motifs is 5. The Hall–Kier alpha value is -4.20. The zero-order valence-corrected chi connectivity index (χ0v) is 19.3. The number of anilines is 1. The molecule has 0 atom stereocenters. The summed E-state index contributed by atoms with van der Waals surface area (Å²) in [5, 5.41) is 3.54. The van der Waals surface area contributed by atoms with Crippen LogP contribution in [-0.4, -0.2) is 30.8 Å². The number of carbonyl (C=O) groups is 2. The summed E-state index contributed by atoms with van der Waals surface area (Å²) < 4.78 is 9.67. The Morgan fingerprint density at radius 3 is 2.41 bits per heavy atom. The van der Waals surface area contributed by atoms with Gasteiger partial charge < -0.3 is 10.1 Å². The molecule has 172 valence electrons. The molecule has 0 bridgehead atoms. The number of hydrogen-bond donors (Lipinski definition) is 1. The molecule has 0 radical (unpaired) electrons. The van der Waals surface area contributed by atoms with E-state index in [-0.39, 0.29) is 18.3 Å². The molecule has 3 heterocycles. The van der Waals surface area contributed by atoms with E-state index in [0.29, 0.717) is 41.0 Å². The van der Waals surface area contributed by atoms with Crippen LogP contribution in [0.4, 0.5) is 5.69 Å². The Kier molecular flexibility index (Phi) is 5.49. The lowest BCUT2D eigenvalue weighted by Crippen LogP contribution is -2.09. The lowest BCUT2D eigenvalue weighted by atomic mass is 10.2. The van der Waals surface area contributed by atoms with E-state index in [9.17, 15) is 9.59 Å². The third kappa shape index (κ3) is 3.57. The summed E-state index contributed by atoms with van der Waals surface area (Å²) in [7, 11) is 0. The Balaban J connectivity index is 1.77. The van der Waals surface area contributed by atoms with Crippen LogP contribution in [0.1, 0.15) is 39.4 Å². The molecule has 0 aliphatic heterocycles. The number of esters is 1. The van der Waals surface area contributed by atoms with Crippen LogP contribution >= 0.6 is 0 Å². The van der Waals surface area contributed by atoms with Gasteiger partial charge in [-0.15, -0.1) is 0 Å². The van der Waals surface area contributed by atoms with E-state index >= 15 is 0 Å². The molecule has 34 heavy (non-hydrogen) atoms. The highest BCUT2D eigenvalue weighted by Gasteiger charge is 2.22. The molecular weight excluding hydrogens is 430 g/mol. The minimum Gasteiger partial charge on any atom is -0.424 e. The van der Waals surface area contributed by atoms with Gasteiger partial charge in [0.1, 0.15) is 11.2 Å². The number of imidazole rings is 1. The predicted octanol–water partition coefficient (Wildman–Crippen LogP) is 5.05. The Morgan fingerprint density at radius 1 is 0.941 bits per heavy atom. The second kappa shape index (κ2) is 8.62. The number of ether oxygens (including phenoxy) is 1. The molecule has 0 saturated carbocycles. The van der Waals surface area contributed by atoms with Crippen LogP contribution in [0.2, 0.25) is 0 Å². The molecule has 1 N–H and O–H groups in total. The molecule has 0 fully saturated rings. The molecule has 1 amide bonds. The van der Waals surface area contributed by atoms with E-state index in [1.807, 2.05) is 64.4 Å². The Labute approximate surface area is 196 Å². The van der Waals surface area contributed by atoms with Gasteiger partial charge >= 0.3 is 5.97 Å². The van der Waals surface area contributed by atoms with Gasteiger partial charge in [0, 0.05) is 30.6 Å². The lowest BCUT2D eigenvalue weighted by Gasteiger charge is -2.09. The number of aromatic nitrogens is 4. The van der Waals surface area contributed by atoms with Crippen LogP contribution in [0.25, 0.3) is 33.4 Å². The molecule has 5 rings (SSSR count). The fourth-order valence-corrected chi connectivity index (χ4v) is 4.08. The minimum atomic E-state index is -0.328. The number of nitrogens with zero attached hydrogens (tertiary/aromatic N) is 4. The highest BCUT2D eigenvalue weighted by atomic mass is 16.5. The molecule has 0 aliphatic rings. The molecule has 3 aromatic heterocycles. The van der Waals surface area contributed by atoms with Crippen molar-refractivity contribution in [1.29, 1.82) is 0 Å². The number of benzene rings is 2. The Bertz CT molecular complexity index is 1550. The van der Waals surface area contributed by atoms with Gasteiger partial charge in [-0.05, 0) is 36.4 Å². The maximum Gasteiger partial charge on any atom is 0.310 e. The zero-order valence-electron chi connectivity index (χ0n) is 19.3. The standard InChI is InChI=1S/C26H25N5O3/c1-4-21-29-25-24(26-28-18-9-7-8-10-19(18)31(21)26)20(34-23(33)6-3)15-30(25)17-13-11-16(12-14-17)27-22(32)5-2/h7-15H,4-6H2,1-3H3,(H,27,32). The highest BCUT2D eigenvalue weighted by molar-refractivity contribution is 6.01. The second-order valence-electron chi connectivity index (χ2n) is 7.98. The van der Waals surface area contributed by atoms with Crippen molar-refractivity contribution in [3.05, 3.63) is 60.6 Å². The van der Waals surface area contributed by atoms with Crippen molar-refractivity contribution in [3.63, 3.8) is 0 Å². The highest BCUT2D eigenvalue weighted by Crippen LogP contribution is 2.35. The molecular formula is C26H25N5O3. The van der Waals surface area contributed by atoms with Crippen LogP contribution in [0.3, 0.4) is 0 Å². The molecule has 0 saturated heterocycles. The van der Waals surface area contributed by atoms with Crippen molar-refractivity contribution in [1.82, 2.24) is 18.9 Å². The third-order valence-corrected chi connectivity index (χ3v) is 5.80. The van der Waals surface area contributed by atoms with Crippen molar-refractivity contribution in [3.8, 4) is 11.4 Å². The van der Waals surface area contributed by atoms with E-state index < -0.39 is 0 Å². The molecule has 8 heteroatoms. The molecule has 8 nitrogen and oxygen atoms in total. The largest absolute Gasteiger partial charge is 0.424 e. The number of carbonyl (C=O) groups excluding carboxylic acids is 2. The van der Waals surface area contributed by atoms with Crippen LogP contribution < -0.4 is 10.1 Å². The van der Waals surface area contributed by atoms with Crippen LogP contribution in [0.5, 0.6) is 5.75 Å². The van der Waals surface area contributed by atoms with E-state index in [1.54, 1.807) is 13.1 Å². The van der Waals surface area contributed by atoms with Crippen molar-refractivity contribution >= 4 is 45.3 Å². The first-order valence-corrected chi connectivity index (χ1v) is 11.5. The van der Waals surface area contributed by atoms with Gasteiger partial charge in [0.2, 0.25) is 5.91 Å². The number of aryl methyl sites for hydroxylation is 1. The second-order valence-corrected chi connectivity index (χ2v) is 7.98. The molecule has 0 aliphatic carbocycles. The van der Waals surface area contributed by atoms with Crippen LogP contribution in [-0.2, 0) is 16.0 Å². The summed E-state index contributed by atoms with van der Waals surface area (Å²) in [6.07, 6.45) is 3.15. The molecule has 5 aromatic rings. The van der Waals surface area contributed by atoms with Crippen LogP contribution in [0, 0.1) is 0 Å². The maximum atomic E-state index is 12.3. The van der Waals surface area contributed by atoms with Gasteiger partial charge in [-0.25, -0.2) is 9.97 Å². The number of hydrogen-bond acceptors (Lipinski definition) is 5. The SMILES string of the molecule is CCC(=O)Nc1ccc(-n2cc(OC(=O)CC)c3c2nc(CC)n2c4ccccc4nc32)cc1. The first-order valence-electron chi connectivity index (χ1n) is 11.5. The average Bonchev–Trinajstić information content (AvgIpc) is 3.42. The first kappa shape index (κ1) is 21.6. The summed E-state index contributed by atoms with van der Waals surface area (Å²) in [4.78, 5) is 33.9. The zero-order chi connectivity index (χ0) is 23.8. The summed E-state index contributed by atoms with van der Waals surface area (Å²) in [6.45, 7) is 5.63. The predicted molar refractivity (Wildman–Crippen MR) is 132 cm³/mol. The van der Waals surface area contributed by atoms with E-state index in [2.05, 4.69) is 12.2 Å². The topological polar surface area (TPSA) is 90.5 Å². The van der Waals surface area contributed by atoms with E-state index in [1.165, 1.54) is 0 Å². The molecule has 2 aromatic carbocycles. The fourth-order valence-electron chi connectivity index (χ4n) is 4.08. The van der Waals surface area contributed by atoms with Gasteiger partial charge in [-0.3, -0.25) is 18.6 Å². The summed E-state index contributed by atoms with van der Waals surface area (Å²) >= 11 is 0. The lowest BCUT2D eigenvalue weighted by molar-refractivity contribution is -0.133. The van der Waals surface area contributed by atoms with Gasteiger partial charge in [0.05, 0.1) is 17.2 Å². The van der Waals surface area contributed by atoms with E-state index in [0.717, 1.165) is 22.5 Å². The summed E-state index contributed by atoms with van der Waals surface area (Å²) in [5.41, 5.74) is 4.71. The summed E-state index contributed by atoms with van der Waals surface area (Å²) in [5.74, 6) is 0.901. The summed E-state index contributed by atoms with van der Waals surface area (Å²) in [6, 6.07) is 15.4. The Morgan fingerprint density at radius 2 is 1.71 bits per heavy atom. The van der Waals surface area contributed by atoms with Gasteiger partial charge in [0.15, 0.2) is 17.0 Å². The van der Waals surface area contributed by atoms with Crippen LogP contribution in [0.15, 0.2) is 54.7 Å². The van der Waals surface area contributed by atoms with E-state index in [4.69, 9.17) is 14.7 Å². The minimum absolute atomic E-state index is 0.0454. The van der Waals surface area contributed by atoms with Crippen molar-refractivity contribution < 1.29 is 14.3 Å². The van der Waals surface area contributed by atoms with Crippen molar-refractivity contribution in [2.24, 2.45) is 0 Å². The van der Waals surface area contributed by atoms with Crippen molar-refractivity contribution in [2.45, 2.75) is 40.0 Å². The maximum absolute atomic E-state index is 12.3. The van der Waals surface area contributed by atoms with Gasteiger partial charge in [-0.2, -0.15) is 0 Å². The number of rotatable bonds is 6. The normalized spacial score (nSPS) is 11.4. The monoisotopic (exact) mass is 455 g/mol. The molecule has 0 spiro atoms. The van der Waals surface area contributed by atoms with Gasteiger partial charge in [0.25, 0.3) is 0 Å². The quantitative estimate of drug-likeness (QED) is 0.362. The smallest absolute Gasteiger partial charge is 0.310 e.